The van der Waals surface area contributed by atoms with Gasteiger partial charge in [0, 0.05) is 0 Å². The summed E-state index contributed by atoms with van der Waals surface area (Å²) in [5.41, 5.74) is 0. The van der Waals surface area contributed by atoms with Gasteiger partial charge in [-0.25, -0.2) is 4.57 Å². The molecule has 0 saturated heterocycles. The largest absolute Gasteiger partial charge is 0.584 e. The summed E-state index contributed by atoms with van der Waals surface area (Å²) in [5, 5.41) is 12.6. The second-order valence-corrected chi connectivity index (χ2v) is 5.89. The van der Waals surface area contributed by atoms with Crippen LogP contribution in [0.25, 0.3) is 21.5 Å². The fourth-order valence-corrected chi connectivity index (χ4v) is 3.41. The number of fused-ring (bicyclic) bond motifs is 2. The normalized spacial score (nSPS) is 20.6. The molecule has 1 aliphatic heterocycles. The van der Waals surface area contributed by atoms with E-state index in [0.717, 1.165) is 10.8 Å². The van der Waals surface area contributed by atoms with E-state index in [4.69, 9.17) is 9.05 Å². The molecular weight excluding hydrogens is 279 g/mol. The van der Waals surface area contributed by atoms with E-state index in [-0.39, 0.29) is 17.2 Å². The van der Waals surface area contributed by atoms with Crippen LogP contribution in [0.2, 0.25) is 0 Å². The highest BCUT2D eigenvalue weighted by atomic mass is 31.2. The van der Waals surface area contributed by atoms with Gasteiger partial charge in [0.15, 0.2) is 5.75 Å². The van der Waals surface area contributed by atoms with Crippen molar-refractivity contribution >= 4 is 29.4 Å². The molecule has 0 aliphatic carbocycles. The van der Waals surface area contributed by atoms with Crippen molar-refractivity contribution in [3.63, 3.8) is 0 Å². The smallest absolute Gasteiger partial charge is 0.507 e. The van der Waals surface area contributed by atoms with Crippen molar-refractivity contribution in [1.29, 1.82) is 0 Å². The molecule has 0 fully saturated rings. The first-order chi connectivity index (χ1) is 9.55. The van der Waals surface area contributed by atoms with Gasteiger partial charge in [-0.3, -0.25) is 4.89 Å². The maximum Gasteiger partial charge on any atom is 0.584 e. The fraction of sp³-hybridized carbons (Fsp3) is 0. The zero-order valence-electron chi connectivity index (χ0n) is 10.1. The number of phosphoric ester groups is 1. The Balaban J connectivity index is 2.28. The van der Waals surface area contributed by atoms with Crippen LogP contribution >= 0.6 is 7.82 Å². The summed E-state index contributed by atoms with van der Waals surface area (Å²) in [6.45, 7) is 0. The lowest BCUT2D eigenvalue weighted by Crippen LogP contribution is -2.06. The zero-order chi connectivity index (χ0) is 13.9. The number of hydrogen-bond donors (Lipinski definition) is 2. The Hall–Kier alpha value is -2.23. The Morgan fingerprint density at radius 3 is 2.45 bits per heavy atom. The molecule has 0 spiro atoms. The summed E-state index contributed by atoms with van der Waals surface area (Å²) < 4.78 is 21.9. The summed E-state index contributed by atoms with van der Waals surface area (Å²) >= 11 is 0. The van der Waals surface area contributed by atoms with Crippen molar-refractivity contribution in [3.05, 3.63) is 42.5 Å². The summed E-state index contributed by atoms with van der Waals surface area (Å²) in [6, 6.07) is 12.1. The van der Waals surface area contributed by atoms with Gasteiger partial charge in [-0.15, -0.1) is 0 Å². The molecule has 100 valence electrons. The zero-order valence-corrected chi connectivity index (χ0v) is 11.0. The topological polar surface area (TPSA) is 76.0 Å². The molecule has 5 nitrogen and oxygen atoms in total. The van der Waals surface area contributed by atoms with E-state index in [1.165, 1.54) is 6.07 Å². The Labute approximate surface area is 113 Å². The lowest BCUT2D eigenvalue weighted by Gasteiger charge is -2.23. The molecule has 1 aliphatic rings. The molecule has 2 N–H and O–H groups in total. The van der Waals surface area contributed by atoms with Gasteiger partial charge in [0.2, 0.25) is 0 Å². The molecule has 0 aromatic heterocycles. The van der Waals surface area contributed by atoms with Crippen LogP contribution in [0.1, 0.15) is 0 Å². The first-order valence-corrected chi connectivity index (χ1v) is 7.44. The maximum absolute atomic E-state index is 11.8. The van der Waals surface area contributed by atoms with Gasteiger partial charge in [-0.05, 0) is 29.0 Å². The molecule has 0 radical (unpaired) electrons. The van der Waals surface area contributed by atoms with Crippen LogP contribution < -0.4 is 9.05 Å². The lowest BCUT2D eigenvalue weighted by atomic mass is 10.0. The van der Waals surface area contributed by atoms with Gasteiger partial charge in [0.1, 0.15) is 11.5 Å². The van der Waals surface area contributed by atoms with Crippen LogP contribution in [-0.4, -0.2) is 10.00 Å². The van der Waals surface area contributed by atoms with Crippen molar-refractivity contribution in [2.24, 2.45) is 0 Å². The SMILES string of the molecule is O=P1(O)Oc2cccc3cc4cccc(O)c4c(c23)O1. The van der Waals surface area contributed by atoms with Crippen molar-refractivity contribution < 1.29 is 23.6 Å². The Morgan fingerprint density at radius 2 is 1.65 bits per heavy atom. The molecule has 0 amide bonds. The highest BCUT2D eigenvalue weighted by Crippen LogP contribution is 2.57. The van der Waals surface area contributed by atoms with Crippen molar-refractivity contribution in [2.45, 2.75) is 0 Å². The fourth-order valence-electron chi connectivity index (χ4n) is 2.55. The minimum Gasteiger partial charge on any atom is -0.507 e. The van der Waals surface area contributed by atoms with E-state index in [1.54, 1.807) is 24.3 Å². The summed E-state index contributed by atoms with van der Waals surface area (Å²) in [5.74, 6) is 0.458. The quantitative estimate of drug-likeness (QED) is 0.488. The number of phosphoric acid groups is 1. The minimum absolute atomic E-state index is 0.00361. The highest BCUT2D eigenvalue weighted by Gasteiger charge is 2.34. The second-order valence-electron chi connectivity index (χ2n) is 4.59. The second kappa shape index (κ2) is 3.66. The van der Waals surface area contributed by atoms with E-state index in [9.17, 15) is 14.6 Å². The third-order valence-corrected chi connectivity index (χ3v) is 4.16. The Morgan fingerprint density at radius 1 is 0.950 bits per heavy atom. The lowest BCUT2D eigenvalue weighted by molar-refractivity contribution is 0.287. The average molecular weight is 288 g/mol. The summed E-state index contributed by atoms with van der Waals surface area (Å²) in [4.78, 5) is 9.65. The van der Waals surface area contributed by atoms with E-state index >= 15 is 0 Å². The molecule has 0 saturated carbocycles. The maximum atomic E-state index is 11.8. The molecule has 4 rings (SSSR count). The molecule has 3 aromatic rings. The number of benzene rings is 3. The van der Waals surface area contributed by atoms with Gasteiger partial charge in [0.25, 0.3) is 0 Å². The number of rotatable bonds is 0. The third-order valence-electron chi connectivity index (χ3n) is 3.32. The van der Waals surface area contributed by atoms with Crippen LogP contribution in [0, 0.1) is 0 Å². The van der Waals surface area contributed by atoms with Crippen molar-refractivity contribution in [3.8, 4) is 17.2 Å². The van der Waals surface area contributed by atoms with Crippen LogP contribution in [0.15, 0.2) is 42.5 Å². The van der Waals surface area contributed by atoms with Gasteiger partial charge < -0.3 is 14.2 Å². The summed E-state index contributed by atoms with van der Waals surface area (Å²) in [7, 11) is -4.22. The Bertz CT molecular complexity index is 894. The molecule has 1 unspecified atom stereocenters. The Kier molecular flexibility index (Phi) is 2.12. The molecule has 0 bridgehead atoms. The molecule has 1 heterocycles. The third kappa shape index (κ3) is 1.51. The van der Waals surface area contributed by atoms with E-state index in [2.05, 4.69) is 0 Å². The van der Waals surface area contributed by atoms with Crippen molar-refractivity contribution in [2.75, 3.05) is 0 Å². The van der Waals surface area contributed by atoms with Crippen LogP contribution in [0.3, 0.4) is 0 Å². The van der Waals surface area contributed by atoms with E-state index < -0.39 is 7.82 Å². The van der Waals surface area contributed by atoms with Gasteiger partial charge in [0.05, 0.1) is 10.8 Å². The van der Waals surface area contributed by atoms with Crippen LogP contribution in [0.5, 0.6) is 17.2 Å². The molecule has 3 aromatic carbocycles. The first-order valence-electron chi connectivity index (χ1n) is 5.94. The predicted octanol–water partition coefficient (Wildman–Crippen LogP) is 3.57. The molecule has 1 atom stereocenters. The average Bonchev–Trinajstić information content (AvgIpc) is 2.37. The number of phenols is 1. The van der Waals surface area contributed by atoms with E-state index in [1.807, 2.05) is 12.1 Å². The monoisotopic (exact) mass is 288 g/mol. The molecule has 6 heteroatoms. The van der Waals surface area contributed by atoms with Gasteiger partial charge in [-0.2, -0.15) is 0 Å². The number of aromatic hydroxyl groups is 1. The molecular formula is C14H9O5P. The van der Waals surface area contributed by atoms with E-state index in [0.29, 0.717) is 10.8 Å². The van der Waals surface area contributed by atoms with Crippen LogP contribution in [-0.2, 0) is 4.57 Å². The highest BCUT2D eigenvalue weighted by molar-refractivity contribution is 7.48. The number of phenolic OH excluding ortho intramolecular Hbond substituents is 1. The standard InChI is InChI=1S/C14H9O5P/c15-10-5-1-3-8-7-9-4-2-6-11-13(9)14(12(8)10)19-20(16,17)18-11/h1-7,15H,(H,16,17). The molecule has 20 heavy (non-hydrogen) atoms. The first kappa shape index (κ1) is 11.6. The van der Waals surface area contributed by atoms with Gasteiger partial charge in [-0.1, -0.05) is 24.3 Å². The predicted molar refractivity (Wildman–Crippen MR) is 74.2 cm³/mol. The number of hydrogen-bond acceptors (Lipinski definition) is 4. The summed E-state index contributed by atoms with van der Waals surface area (Å²) in [6.07, 6.45) is 0. The van der Waals surface area contributed by atoms with Crippen molar-refractivity contribution in [1.82, 2.24) is 0 Å². The van der Waals surface area contributed by atoms with Crippen LogP contribution in [0.4, 0.5) is 0 Å². The minimum atomic E-state index is -4.22. The van der Waals surface area contributed by atoms with Gasteiger partial charge >= 0.3 is 7.82 Å².